The highest BCUT2D eigenvalue weighted by Crippen LogP contribution is 2.30. The molecule has 0 unspecified atom stereocenters. The maximum absolute atomic E-state index is 13.4. The molecule has 0 radical (unpaired) electrons. The molecule has 0 amide bonds. The number of nitrogen functional groups attached to an aromatic ring is 1. The van der Waals surface area contributed by atoms with Crippen molar-refractivity contribution in [3.8, 4) is 17.1 Å². The molecule has 5 nitrogen and oxygen atoms in total. The van der Waals surface area contributed by atoms with Crippen molar-refractivity contribution in [2.45, 2.75) is 6.92 Å². The average Bonchev–Trinajstić information content (AvgIpc) is 2.92. The summed E-state index contributed by atoms with van der Waals surface area (Å²) in [6, 6.07) is 9.78. The summed E-state index contributed by atoms with van der Waals surface area (Å²) in [4.78, 5) is 0. The van der Waals surface area contributed by atoms with Crippen LogP contribution in [0, 0.1) is 12.7 Å². The van der Waals surface area contributed by atoms with Crippen LogP contribution in [0.3, 0.4) is 0 Å². The Hall–Kier alpha value is -2.28. The highest BCUT2D eigenvalue weighted by molar-refractivity contribution is 9.10. The largest absolute Gasteiger partial charge is 0.398 e. The Balaban J connectivity index is 2.20. The summed E-state index contributed by atoms with van der Waals surface area (Å²) in [5, 5.41) is 11.7. The lowest BCUT2D eigenvalue weighted by atomic mass is 10.1. The van der Waals surface area contributed by atoms with Gasteiger partial charge >= 0.3 is 0 Å². The fraction of sp³-hybridized carbons (Fsp3) is 0.0714. The molecule has 0 fully saturated rings. The Morgan fingerprint density at radius 1 is 1.24 bits per heavy atom. The standard InChI is InChI=1S/C14H11BrFN5/c1-8-12(5-9(15)6-13(8)17)14-18-19-20-21(14)11-4-2-3-10(16)7-11/h2-7H,17H2,1H3. The SMILES string of the molecule is Cc1c(N)cc(Br)cc1-c1nnnn1-c1cccc(F)c1. The van der Waals surface area contributed by atoms with E-state index < -0.39 is 0 Å². The zero-order valence-corrected chi connectivity index (χ0v) is 12.7. The third kappa shape index (κ3) is 2.52. The summed E-state index contributed by atoms with van der Waals surface area (Å²) < 4.78 is 15.7. The van der Waals surface area contributed by atoms with Crippen molar-refractivity contribution in [2.24, 2.45) is 0 Å². The number of anilines is 1. The lowest BCUT2D eigenvalue weighted by molar-refractivity contribution is 0.625. The topological polar surface area (TPSA) is 69.6 Å². The Morgan fingerprint density at radius 3 is 2.81 bits per heavy atom. The van der Waals surface area contributed by atoms with Gasteiger partial charge < -0.3 is 5.73 Å². The van der Waals surface area contributed by atoms with Crippen LogP contribution >= 0.6 is 15.9 Å². The normalized spacial score (nSPS) is 10.8. The minimum absolute atomic E-state index is 0.348. The van der Waals surface area contributed by atoms with Gasteiger partial charge in [0.1, 0.15) is 5.82 Å². The number of hydrogen-bond donors (Lipinski definition) is 1. The summed E-state index contributed by atoms with van der Waals surface area (Å²) in [5.74, 6) is 0.158. The van der Waals surface area contributed by atoms with Gasteiger partial charge in [0, 0.05) is 15.7 Å². The number of benzene rings is 2. The first-order valence-corrected chi connectivity index (χ1v) is 6.96. The van der Waals surface area contributed by atoms with Crippen molar-refractivity contribution in [2.75, 3.05) is 5.73 Å². The van der Waals surface area contributed by atoms with Crippen LogP contribution in [0.2, 0.25) is 0 Å². The van der Waals surface area contributed by atoms with Gasteiger partial charge in [-0.25, -0.2) is 4.39 Å². The van der Waals surface area contributed by atoms with Crippen LogP contribution in [0.5, 0.6) is 0 Å². The smallest absolute Gasteiger partial charge is 0.187 e. The molecule has 3 rings (SSSR count). The van der Waals surface area contributed by atoms with Crippen LogP contribution in [-0.2, 0) is 0 Å². The van der Waals surface area contributed by atoms with E-state index in [2.05, 4.69) is 31.5 Å². The molecule has 1 heterocycles. The first-order valence-electron chi connectivity index (χ1n) is 6.16. The lowest BCUT2D eigenvalue weighted by Gasteiger charge is -2.10. The van der Waals surface area contributed by atoms with E-state index in [0.29, 0.717) is 17.2 Å². The van der Waals surface area contributed by atoms with Crippen LogP contribution in [-0.4, -0.2) is 20.2 Å². The number of rotatable bonds is 2. The van der Waals surface area contributed by atoms with Gasteiger partial charge in [-0.2, -0.15) is 4.68 Å². The summed E-state index contributed by atoms with van der Waals surface area (Å²) >= 11 is 3.41. The predicted octanol–water partition coefficient (Wildman–Crippen LogP) is 3.12. The Labute approximate surface area is 128 Å². The second kappa shape index (κ2) is 5.25. The molecule has 1 aromatic heterocycles. The summed E-state index contributed by atoms with van der Waals surface area (Å²) in [7, 11) is 0. The van der Waals surface area contributed by atoms with E-state index in [4.69, 9.17) is 5.73 Å². The van der Waals surface area contributed by atoms with Crippen molar-refractivity contribution < 1.29 is 4.39 Å². The van der Waals surface area contributed by atoms with Gasteiger partial charge in [0.15, 0.2) is 5.82 Å². The van der Waals surface area contributed by atoms with Crippen LogP contribution in [0.1, 0.15) is 5.56 Å². The fourth-order valence-corrected chi connectivity index (χ4v) is 2.54. The third-order valence-electron chi connectivity index (χ3n) is 3.18. The van der Waals surface area contributed by atoms with Crippen molar-refractivity contribution in [1.82, 2.24) is 20.2 Å². The molecular weight excluding hydrogens is 337 g/mol. The first-order chi connectivity index (χ1) is 10.1. The fourth-order valence-electron chi connectivity index (χ4n) is 2.07. The number of tetrazole rings is 1. The number of nitrogens with two attached hydrogens (primary N) is 1. The molecule has 0 bridgehead atoms. The average molecular weight is 348 g/mol. The van der Waals surface area contributed by atoms with E-state index in [1.54, 1.807) is 12.1 Å². The van der Waals surface area contributed by atoms with Gasteiger partial charge in [-0.3, -0.25) is 0 Å². The van der Waals surface area contributed by atoms with E-state index in [1.807, 2.05) is 19.1 Å². The molecule has 21 heavy (non-hydrogen) atoms. The van der Waals surface area contributed by atoms with Crippen LogP contribution in [0.25, 0.3) is 17.1 Å². The Bertz CT molecular complexity index is 815. The second-order valence-corrected chi connectivity index (χ2v) is 5.48. The van der Waals surface area contributed by atoms with Gasteiger partial charge in [0.05, 0.1) is 5.69 Å². The minimum Gasteiger partial charge on any atom is -0.398 e. The van der Waals surface area contributed by atoms with Crippen molar-refractivity contribution in [3.63, 3.8) is 0 Å². The number of hydrogen-bond acceptors (Lipinski definition) is 4. The summed E-state index contributed by atoms with van der Waals surface area (Å²) in [6.45, 7) is 1.89. The molecule has 0 aliphatic rings. The van der Waals surface area contributed by atoms with E-state index in [-0.39, 0.29) is 5.82 Å². The molecule has 106 valence electrons. The van der Waals surface area contributed by atoms with Gasteiger partial charge in [0.25, 0.3) is 0 Å². The van der Waals surface area contributed by atoms with E-state index in [1.165, 1.54) is 16.8 Å². The van der Waals surface area contributed by atoms with Gasteiger partial charge in [0.2, 0.25) is 0 Å². The molecule has 0 atom stereocenters. The number of aromatic nitrogens is 4. The van der Waals surface area contributed by atoms with Gasteiger partial charge in [-0.1, -0.05) is 22.0 Å². The van der Waals surface area contributed by atoms with Crippen LogP contribution in [0.4, 0.5) is 10.1 Å². The maximum atomic E-state index is 13.4. The molecule has 0 saturated heterocycles. The first kappa shape index (κ1) is 13.7. The van der Waals surface area contributed by atoms with Crippen molar-refractivity contribution in [3.05, 3.63) is 52.3 Å². The van der Waals surface area contributed by atoms with Crippen LogP contribution < -0.4 is 5.73 Å². The summed E-state index contributed by atoms with van der Waals surface area (Å²) in [5.41, 5.74) is 8.81. The highest BCUT2D eigenvalue weighted by Gasteiger charge is 2.15. The Kier molecular flexibility index (Phi) is 3.42. The second-order valence-electron chi connectivity index (χ2n) is 4.56. The highest BCUT2D eigenvalue weighted by atomic mass is 79.9. The molecule has 7 heteroatoms. The number of nitrogens with zero attached hydrogens (tertiary/aromatic N) is 4. The molecule has 0 spiro atoms. The quantitative estimate of drug-likeness (QED) is 0.723. The lowest BCUT2D eigenvalue weighted by Crippen LogP contribution is -2.02. The third-order valence-corrected chi connectivity index (χ3v) is 3.63. The van der Waals surface area contributed by atoms with E-state index in [0.717, 1.165) is 15.6 Å². The molecule has 2 N–H and O–H groups in total. The van der Waals surface area contributed by atoms with Crippen molar-refractivity contribution in [1.29, 1.82) is 0 Å². The molecule has 3 aromatic rings. The van der Waals surface area contributed by atoms with Crippen LogP contribution in [0.15, 0.2) is 40.9 Å². The predicted molar refractivity (Wildman–Crippen MR) is 81.4 cm³/mol. The maximum Gasteiger partial charge on any atom is 0.187 e. The zero-order chi connectivity index (χ0) is 15.0. The summed E-state index contributed by atoms with van der Waals surface area (Å²) in [6.07, 6.45) is 0. The monoisotopic (exact) mass is 347 g/mol. The Morgan fingerprint density at radius 2 is 2.05 bits per heavy atom. The molecule has 2 aromatic carbocycles. The van der Waals surface area contributed by atoms with E-state index >= 15 is 0 Å². The molecule has 0 aliphatic carbocycles. The van der Waals surface area contributed by atoms with Gasteiger partial charge in [-0.05, 0) is 53.2 Å². The van der Waals surface area contributed by atoms with Crippen molar-refractivity contribution >= 4 is 21.6 Å². The zero-order valence-electron chi connectivity index (χ0n) is 11.1. The van der Waals surface area contributed by atoms with E-state index in [9.17, 15) is 4.39 Å². The van der Waals surface area contributed by atoms with Gasteiger partial charge in [-0.15, -0.1) is 5.10 Å². The number of halogens is 2. The molecule has 0 saturated carbocycles. The molecule has 0 aliphatic heterocycles. The molecular formula is C14H11BrFN5. The minimum atomic E-state index is -0.348.